The van der Waals surface area contributed by atoms with Gasteiger partial charge in [0.25, 0.3) is 0 Å². The van der Waals surface area contributed by atoms with Gasteiger partial charge in [-0.3, -0.25) is 0 Å². The van der Waals surface area contributed by atoms with Crippen LogP contribution in [0.2, 0.25) is 5.02 Å². The van der Waals surface area contributed by atoms with Crippen molar-refractivity contribution in [1.82, 2.24) is 0 Å². The molecule has 3 aromatic carbocycles. The molecule has 0 radical (unpaired) electrons. The van der Waals surface area contributed by atoms with Crippen LogP contribution in [0.25, 0.3) is 0 Å². The smallest absolute Gasteiger partial charge is 0.343 e. The van der Waals surface area contributed by atoms with Crippen molar-refractivity contribution in [2.75, 3.05) is 13.7 Å². The van der Waals surface area contributed by atoms with E-state index >= 15 is 0 Å². The van der Waals surface area contributed by atoms with Crippen molar-refractivity contribution in [3.05, 3.63) is 82.9 Å². The Bertz CT molecular complexity index is 1100. The lowest BCUT2D eigenvalue weighted by Gasteiger charge is -2.07. The molecule has 0 amide bonds. The number of benzene rings is 3. The first-order valence-corrected chi connectivity index (χ1v) is 9.72. The summed E-state index contributed by atoms with van der Waals surface area (Å²) < 4.78 is 15.4. The number of hydrogen-bond donors (Lipinski definition) is 0. The highest BCUT2D eigenvalue weighted by Crippen LogP contribution is 2.30. The maximum Gasteiger partial charge on any atom is 0.343 e. The van der Waals surface area contributed by atoms with Crippen LogP contribution in [0.1, 0.15) is 27.6 Å². The zero-order valence-corrected chi connectivity index (χ0v) is 17.6. The maximum absolute atomic E-state index is 12.3. The van der Waals surface area contributed by atoms with Gasteiger partial charge in [-0.15, -0.1) is 0 Å². The second kappa shape index (κ2) is 10.4. The number of halogens is 1. The summed E-state index contributed by atoms with van der Waals surface area (Å²) in [5.74, 6) is -0.0850. The molecular weight excluding hydrogens is 420 g/mol. The van der Waals surface area contributed by atoms with Crippen LogP contribution < -0.4 is 9.47 Å². The molecule has 158 valence electrons. The molecule has 3 rings (SSSR count). The Morgan fingerprint density at radius 1 is 0.839 bits per heavy atom. The summed E-state index contributed by atoms with van der Waals surface area (Å²) in [7, 11) is 1.55. The molecule has 8 heteroatoms. The number of hydrogen-bond acceptors (Lipinski definition) is 7. The highest BCUT2D eigenvalue weighted by Gasteiger charge is 2.12. The molecule has 0 atom stereocenters. The average Bonchev–Trinajstić information content (AvgIpc) is 2.79. The summed E-state index contributed by atoms with van der Waals surface area (Å²) in [6, 6.07) is 17.8. The van der Waals surface area contributed by atoms with Gasteiger partial charge in [-0.05, 0) is 73.7 Å². The number of rotatable bonds is 7. The van der Waals surface area contributed by atoms with Crippen LogP contribution in [0.4, 0.5) is 11.4 Å². The van der Waals surface area contributed by atoms with Crippen LogP contribution in [0.15, 0.2) is 77.0 Å². The van der Waals surface area contributed by atoms with Gasteiger partial charge in [0, 0.05) is 0 Å². The zero-order valence-electron chi connectivity index (χ0n) is 16.9. The summed E-state index contributed by atoms with van der Waals surface area (Å²) in [6.45, 7) is 2.06. The van der Waals surface area contributed by atoms with Gasteiger partial charge in [-0.25, -0.2) is 9.59 Å². The second-order valence-corrected chi connectivity index (χ2v) is 6.61. The number of esters is 2. The Balaban J connectivity index is 1.66. The Morgan fingerprint density at radius 3 is 2.03 bits per heavy atom. The lowest BCUT2D eigenvalue weighted by atomic mass is 10.2. The van der Waals surface area contributed by atoms with E-state index in [0.29, 0.717) is 34.9 Å². The first-order chi connectivity index (χ1) is 15.0. The molecular formula is C23H19ClN2O5. The molecule has 0 aliphatic heterocycles. The van der Waals surface area contributed by atoms with Gasteiger partial charge in [0.1, 0.15) is 11.5 Å². The minimum Gasteiger partial charge on any atom is -0.497 e. The van der Waals surface area contributed by atoms with E-state index < -0.39 is 11.9 Å². The van der Waals surface area contributed by atoms with Gasteiger partial charge in [-0.1, -0.05) is 11.6 Å². The number of methoxy groups -OCH3 is 1. The fraction of sp³-hybridized carbons (Fsp3) is 0.130. The number of azo groups is 1. The zero-order chi connectivity index (χ0) is 22.2. The Morgan fingerprint density at radius 2 is 1.42 bits per heavy atom. The summed E-state index contributed by atoms with van der Waals surface area (Å²) >= 11 is 6.23. The SMILES string of the molecule is CCOC(=O)c1ccc(N=Nc2ccc(OC(=O)c3ccc(OC)cc3)c(Cl)c2)cc1. The van der Waals surface area contributed by atoms with Gasteiger partial charge in [0.2, 0.25) is 0 Å². The van der Waals surface area contributed by atoms with E-state index in [1.807, 2.05) is 0 Å². The van der Waals surface area contributed by atoms with Crippen molar-refractivity contribution in [3.63, 3.8) is 0 Å². The molecule has 0 fully saturated rings. The molecule has 0 saturated carbocycles. The lowest BCUT2D eigenvalue weighted by Crippen LogP contribution is -2.08. The van der Waals surface area contributed by atoms with Crippen LogP contribution in [-0.4, -0.2) is 25.7 Å². The molecule has 0 aromatic heterocycles. The highest BCUT2D eigenvalue weighted by molar-refractivity contribution is 6.32. The first-order valence-electron chi connectivity index (χ1n) is 9.35. The number of carbonyl (C=O) groups excluding carboxylic acids is 2. The van der Waals surface area contributed by atoms with Crippen LogP contribution in [-0.2, 0) is 4.74 Å². The van der Waals surface area contributed by atoms with Crippen LogP contribution in [0, 0.1) is 0 Å². The minimum absolute atomic E-state index is 0.209. The van der Waals surface area contributed by atoms with Crippen LogP contribution in [0.5, 0.6) is 11.5 Å². The molecule has 7 nitrogen and oxygen atoms in total. The summed E-state index contributed by atoms with van der Waals surface area (Å²) in [6.07, 6.45) is 0. The van der Waals surface area contributed by atoms with Gasteiger partial charge >= 0.3 is 11.9 Å². The normalized spacial score (nSPS) is 10.7. The third-order valence-corrected chi connectivity index (χ3v) is 4.40. The van der Waals surface area contributed by atoms with E-state index in [1.165, 1.54) is 6.07 Å². The van der Waals surface area contributed by atoms with Crippen molar-refractivity contribution >= 4 is 34.9 Å². The number of ether oxygens (including phenoxy) is 3. The summed E-state index contributed by atoms with van der Waals surface area (Å²) in [5, 5.41) is 8.45. The molecule has 31 heavy (non-hydrogen) atoms. The molecule has 0 aliphatic rings. The molecule has 0 spiro atoms. The highest BCUT2D eigenvalue weighted by atomic mass is 35.5. The Kier molecular flexibility index (Phi) is 7.35. The van der Waals surface area contributed by atoms with Crippen LogP contribution in [0.3, 0.4) is 0 Å². The minimum atomic E-state index is -0.541. The third-order valence-electron chi connectivity index (χ3n) is 4.10. The molecule has 0 saturated heterocycles. The molecule has 3 aromatic rings. The molecule has 0 heterocycles. The van der Waals surface area contributed by atoms with E-state index in [-0.39, 0.29) is 10.8 Å². The molecule has 0 unspecified atom stereocenters. The third kappa shape index (κ3) is 5.90. The van der Waals surface area contributed by atoms with E-state index in [0.717, 1.165) is 0 Å². The fourth-order valence-corrected chi connectivity index (χ4v) is 2.73. The van der Waals surface area contributed by atoms with Gasteiger partial charge in [0.05, 0.1) is 41.2 Å². The topological polar surface area (TPSA) is 86.5 Å². The van der Waals surface area contributed by atoms with Crippen molar-refractivity contribution in [1.29, 1.82) is 0 Å². The van der Waals surface area contributed by atoms with E-state index in [2.05, 4.69) is 10.2 Å². The monoisotopic (exact) mass is 438 g/mol. The molecule has 0 N–H and O–H groups in total. The number of nitrogens with zero attached hydrogens (tertiary/aromatic N) is 2. The average molecular weight is 439 g/mol. The van der Waals surface area contributed by atoms with Crippen molar-refractivity contribution < 1.29 is 23.8 Å². The summed E-state index contributed by atoms with van der Waals surface area (Å²) in [5.41, 5.74) is 1.83. The fourth-order valence-electron chi connectivity index (χ4n) is 2.51. The maximum atomic E-state index is 12.3. The predicted octanol–water partition coefficient (Wildman–Crippen LogP) is 6.16. The molecule has 0 aliphatic carbocycles. The second-order valence-electron chi connectivity index (χ2n) is 6.20. The van der Waals surface area contributed by atoms with Crippen molar-refractivity contribution in [2.24, 2.45) is 10.2 Å². The Labute approximate surface area is 184 Å². The largest absolute Gasteiger partial charge is 0.497 e. The van der Waals surface area contributed by atoms with Crippen molar-refractivity contribution in [3.8, 4) is 11.5 Å². The van der Waals surface area contributed by atoms with Crippen LogP contribution >= 0.6 is 11.6 Å². The summed E-state index contributed by atoms with van der Waals surface area (Å²) in [4.78, 5) is 23.9. The molecule has 0 bridgehead atoms. The van der Waals surface area contributed by atoms with Crippen molar-refractivity contribution in [2.45, 2.75) is 6.92 Å². The first kappa shape index (κ1) is 22.0. The standard InChI is InChI=1S/C23H19ClN2O5/c1-3-30-22(27)15-4-8-17(9-5-15)25-26-18-10-13-21(20(24)14-18)31-23(28)16-6-11-19(29-2)12-7-16/h4-14H,3H2,1-2H3. The van der Waals surface area contributed by atoms with E-state index in [9.17, 15) is 9.59 Å². The van der Waals surface area contributed by atoms with Gasteiger partial charge in [0.15, 0.2) is 0 Å². The lowest BCUT2D eigenvalue weighted by molar-refractivity contribution is 0.0526. The van der Waals surface area contributed by atoms with E-state index in [4.69, 9.17) is 25.8 Å². The van der Waals surface area contributed by atoms with Gasteiger partial charge in [-0.2, -0.15) is 10.2 Å². The number of carbonyl (C=O) groups is 2. The van der Waals surface area contributed by atoms with E-state index in [1.54, 1.807) is 74.7 Å². The van der Waals surface area contributed by atoms with Gasteiger partial charge < -0.3 is 14.2 Å². The predicted molar refractivity (Wildman–Crippen MR) is 116 cm³/mol. The Hall–Kier alpha value is -3.71. The quantitative estimate of drug-likeness (QED) is 0.250.